The average molecular weight is 307 g/mol. The molecule has 1 rings (SSSR count). The molecule has 122 valence electrons. The Hall–Kier alpha value is -1.95. The van der Waals surface area contributed by atoms with Gasteiger partial charge in [0.15, 0.2) is 0 Å². The highest BCUT2D eigenvalue weighted by Gasteiger charge is 2.13. The van der Waals surface area contributed by atoms with Crippen molar-refractivity contribution in [2.45, 2.75) is 19.8 Å². The third-order valence-corrected chi connectivity index (χ3v) is 3.52. The van der Waals surface area contributed by atoms with E-state index in [-0.39, 0.29) is 11.8 Å². The van der Waals surface area contributed by atoms with Gasteiger partial charge in [0, 0.05) is 59.5 Å². The van der Waals surface area contributed by atoms with E-state index in [2.05, 4.69) is 4.98 Å². The number of carbonyl (C=O) groups is 2. The van der Waals surface area contributed by atoms with Crippen LogP contribution in [0.4, 0.5) is 0 Å². The molecule has 0 unspecified atom stereocenters. The van der Waals surface area contributed by atoms with E-state index < -0.39 is 0 Å². The van der Waals surface area contributed by atoms with Crippen molar-refractivity contribution in [1.29, 1.82) is 0 Å². The van der Waals surface area contributed by atoms with Crippen LogP contribution in [-0.2, 0) is 20.7 Å². The van der Waals surface area contributed by atoms with Gasteiger partial charge in [-0.2, -0.15) is 0 Å². The number of rotatable bonds is 9. The van der Waals surface area contributed by atoms with Crippen LogP contribution in [0.25, 0.3) is 0 Å². The molecule has 22 heavy (non-hydrogen) atoms. The van der Waals surface area contributed by atoms with Crippen LogP contribution in [-0.4, -0.2) is 67.0 Å². The van der Waals surface area contributed by atoms with E-state index in [4.69, 9.17) is 4.74 Å². The fourth-order valence-electron chi connectivity index (χ4n) is 2.02. The molecular weight excluding hydrogens is 282 g/mol. The van der Waals surface area contributed by atoms with Crippen molar-refractivity contribution in [1.82, 2.24) is 14.8 Å². The van der Waals surface area contributed by atoms with E-state index in [1.807, 2.05) is 12.1 Å². The van der Waals surface area contributed by atoms with Gasteiger partial charge in [-0.05, 0) is 24.1 Å². The number of ether oxygens (including phenoxy) is 1. The molecule has 0 aromatic carbocycles. The van der Waals surface area contributed by atoms with Gasteiger partial charge in [0.2, 0.25) is 11.8 Å². The summed E-state index contributed by atoms with van der Waals surface area (Å²) in [7, 11) is 3.38. The summed E-state index contributed by atoms with van der Waals surface area (Å²) in [5, 5.41) is 0. The second-order valence-corrected chi connectivity index (χ2v) is 5.17. The van der Waals surface area contributed by atoms with Gasteiger partial charge in [-0.1, -0.05) is 0 Å². The van der Waals surface area contributed by atoms with Crippen molar-refractivity contribution in [2.24, 2.45) is 0 Å². The second kappa shape index (κ2) is 9.89. The standard InChI is InChI=1S/C16H25N3O3/c1-14(20)19(12-13-22-3)11-7-16(21)18(2)10-6-15-4-8-17-9-5-15/h4-5,8-9H,6-7,10-13H2,1-3H3. The number of amides is 2. The number of hydrogen-bond donors (Lipinski definition) is 0. The zero-order valence-corrected chi connectivity index (χ0v) is 13.6. The van der Waals surface area contributed by atoms with Crippen molar-refractivity contribution in [2.75, 3.05) is 40.4 Å². The van der Waals surface area contributed by atoms with Gasteiger partial charge in [-0.3, -0.25) is 14.6 Å². The lowest BCUT2D eigenvalue weighted by Crippen LogP contribution is -2.37. The molecule has 0 radical (unpaired) electrons. The normalized spacial score (nSPS) is 10.3. The van der Waals surface area contributed by atoms with Crippen LogP contribution < -0.4 is 0 Å². The van der Waals surface area contributed by atoms with Crippen molar-refractivity contribution in [3.05, 3.63) is 30.1 Å². The lowest BCUT2D eigenvalue weighted by atomic mass is 10.2. The SMILES string of the molecule is COCCN(CCC(=O)N(C)CCc1ccncc1)C(C)=O. The Labute approximate surface area is 132 Å². The van der Waals surface area contributed by atoms with Crippen LogP contribution in [0.1, 0.15) is 18.9 Å². The third-order valence-electron chi connectivity index (χ3n) is 3.52. The van der Waals surface area contributed by atoms with Crippen molar-refractivity contribution < 1.29 is 14.3 Å². The van der Waals surface area contributed by atoms with Crippen LogP contribution in [0.2, 0.25) is 0 Å². The van der Waals surface area contributed by atoms with Gasteiger partial charge >= 0.3 is 0 Å². The number of pyridine rings is 1. The van der Waals surface area contributed by atoms with E-state index in [0.717, 1.165) is 12.0 Å². The van der Waals surface area contributed by atoms with Crippen LogP contribution >= 0.6 is 0 Å². The smallest absolute Gasteiger partial charge is 0.224 e. The molecule has 0 N–H and O–H groups in total. The number of hydrogen-bond acceptors (Lipinski definition) is 4. The molecule has 0 aliphatic carbocycles. The Morgan fingerprint density at radius 3 is 2.45 bits per heavy atom. The number of carbonyl (C=O) groups excluding carboxylic acids is 2. The van der Waals surface area contributed by atoms with E-state index in [9.17, 15) is 9.59 Å². The average Bonchev–Trinajstić information content (AvgIpc) is 2.53. The van der Waals surface area contributed by atoms with Crippen LogP contribution in [0.5, 0.6) is 0 Å². The van der Waals surface area contributed by atoms with Crippen LogP contribution in [0.3, 0.4) is 0 Å². The molecule has 0 saturated carbocycles. The molecule has 1 aromatic rings. The summed E-state index contributed by atoms with van der Waals surface area (Å²) in [6.45, 7) is 3.58. The highest BCUT2D eigenvalue weighted by molar-refractivity contribution is 5.78. The van der Waals surface area contributed by atoms with Gasteiger partial charge in [-0.15, -0.1) is 0 Å². The lowest BCUT2D eigenvalue weighted by molar-refractivity contribution is -0.133. The van der Waals surface area contributed by atoms with Crippen LogP contribution in [0.15, 0.2) is 24.5 Å². The van der Waals surface area contributed by atoms with Gasteiger partial charge in [0.25, 0.3) is 0 Å². The fraction of sp³-hybridized carbons (Fsp3) is 0.562. The molecule has 0 saturated heterocycles. The Bertz CT molecular complexity index is 465. The Morgan fingerprint density at radius 2 is 1.86 bits per heavy atom. The number of methoxy groups -OCH3 is 1. The summed E-state index contributed by atoms with van der Waals surface area (Å²) >= 11 is 0. The molecular formula is C16H25N3O3. The predicted octanol–water partition coefficient (Wildman–Crippen LogP) is 0.967. The summed E-state index contributed by atoms with van der Waals surface area (Å²) in [4.78, 5) is 30.9. The first-order valence-corrected chi connectivity index (χ1v) is 7.42. The summed E-state index contributed by atoms with van der Waals surface area (Å²) in [5.41, 5.74) is 1.15. The molecule has 1 heterocycles. The summed E-state index contributed by atoms with van der Waals surface area (Å²) < 4.78 is 4.97. The number of likely N-dealkylation sites (N-methyl/N-ethyl adjacent to an activating group) is 1. The van der Waals surface area contributed by atoms with Crippen LogP contribution in [0, 0.1) is 0 Å². The fourth-order valence-corrected chi connectivity index (χ4v) is 2.02. The topological polar surface area (TPSA) is 62.7 Å². The van der Waals surface area contributed by atoms with E-state index in [1.165, 1.54) is 6.92 Å². The maximum Gasteiger partial charge on any atom is 0.224 e. The van der Waals surface area contributed by atoms with E-state index >= 15 is 0 Å². The first-order valence-electron chi connectivity index (χ1n) is 7.42. The first-order chi connectivity index (χ1) is 10.5. The number of aromatic nitrogens is 1. The lowest BCUT2D eigenvalue weighted by Gasteiger charge is -2.22. The van der Waals surface area contributed by atoms with Crippen molar-refractivity contribution in [3.63, 3.8) is 0 Å². The van der Waals surface area contributed by atoms with E-state index in [0.29, 0.717) is 32.7 Å². The summed E-state index contributed by atoms with van der Waals surface area (Å²) in [6.07, 6.45) is 4.62. The second-order valence-electron chi connectivity index (χ2n) is 5.17. The molecule has 6 nitrogen and oxygen atoms in total. The highest BCUT2D eigenvalue weighted by Crippen LogP contribution is 2.01. The minimum atomic E-state index is -0.0377. The first kappa shape index (κ1) is 18.1. The zero-order chi connectivity index (χ0) is 16.4. The number of nitrogens with zero attached hydrogens (tertiary/aromatic N) is 3. The predicted molar refractivity (Wildman–Crippen MR) is 84.3 cm³/mol. The summed E-state index contributed by atoms with van der Waals surface area (Å²) in [5.74, 6) is 0.00186. The quantitative estimate of drug-likeness (QED) is 0.682. The zero-order valence-electron chi connectivity index (χ0n) is 13.6. The molecule has 2 amide bonds. The Balaban J connectivity index is 2.35. The molecule has 0 spiro atoms. The molecule has 6 heteroatoms. The third kappa shape index (κ3) is 6.67. The van der Waals surface area contributed by atoms with Crippen molar-refractivity contribution >= 4 is 11.8 Å². The minimum absolute atomic E-state index is 0.0377. The molecule has 0 aliphatic rings. The monoisotopic (exact) mass is 307 g/mol. The van der Waals surface area contributed by atoms with Crippen molar-refractivity contribution in [3.8, 4) is 0 Å². The van der Waals surface area contributed by atoms with E-state index in [1.54, 1.807) is 36.4 Å². The van der Waals surface area contributed by atoms with Gasteiger partial charge < -0.3 is 14.5 Å². The molecule has 0 fully saturated rings. The minimum Gasteiger partial charge on any atom is -0.383 e. The Kier molecular flexibility index (Phi) is 8.14. The molecule has 1 aromatic heterocycles. The van der Waals surface area contributed by atoms with Gasteiger partial charge in [0.1, 0.15) is 0 Å². The molecule has 0 bridgehead atoms. The molecule has 0 aliphatic heterocycles. The molecule has 0 atom stereocenters. The van der Waals surface area contributed by atoms with Gasteiger partial charge in [-0.25, -0.2) is 0 Å². The Morgan fingerprint density at radius 1 is 1.18 bits per heavy atom. The van der Waals surface area contributed by atoms with Gasteiger partial charge in [0.05, 0.1) is 6.61 Å². The highest BCUT2D eigenvalue weighted by atomic mass is 16.5. The maximum atomic E-state index is 12.1. The maximum absolute atomic E-state index is 12.1. The largest absolute Gasteiger partial charge is 0.383 e. The summed E-state index contributed by atoms with van der Waals surface area (Å²) in [6, 6.07) is 3.89.